The summed E-state index contributed by atoms with van der Waals surface area (Å²) in [7, 11) is 0. The molecular formula is C25H26N4O5. The predicted molar refractivity (Wildman–Crippen MR) is 124 cm³/mol. The van der Waals surface area contributed by atoms with Gasteiger partial charge in [0.05, 0.1) is 24.0 Å². The van der Waals surface area contributed by atoms with E-state index in [0.717, 1.165) is 22.2 Å². The second-order valence-electron chi connectivity index (χ2n) is 8.58. The molecule has 4 rings (SSSR count). The minimum absolute atomic E-state index is 0.000000365. The standard InChI is InChI=1S/C25H26N4O5/c1-16-12-18(20-4-2-3-5-21(20)27-16)14-34-19-8-6-17(7-9-19)24(32)28-25(13-22(26)30)11-10-23(31)29(33)15-25/h2-9,12,33H,10-11,13-15H2,1H3,(H2,26,30)(H,28,32). The van der Waals surface area contributed by atoms with Crippen LogP contribution in [0.4, 0.5) is 0 Å². The normalized spacial score (nSPS) is 18.1. The van der Waals surface area contributed by atoms with Crippen LogP contribution in [0.25, 0.3) is 10.9 Å². The van der Waals surface area contributed by atoms with E-state index in [1.165, 1.54) is 0 Å². The fourth-order valence-corrected chi connectivity index (χ4v) is 4.24. The van der Waals surface area contributed by atoms with Gasteiger partial charge >= 0.3 is 0 Å². The lowest BCUT2D eigenvalue weighted by atomic mass is 9.85. The maximum absolute atomic E-state index is 12.9. The van der Waals surface area contributed by atoms with Crippen molar-refractivity contribution >= 4 is 28.6 Å². The average Bonchev–Trinajstić information content (AvgIpc) is 2.80. The lowest BCUT2D eigenvalue weighted by Crippen LogP contribution is -2.60. The van der Waals surface area contributed by atoms with Gasteiger partial charge in [-0.25, -0.2) is 5.06 Å². The number of ether oxygens (including phenoxy) is 1. The summed E-state index contributed by atoms with van der Waals surface area (Å²) in [4.78, 5) is 40.6. The molecule has 2 heterocycles. The summed E-state index contributed by atoms with van der Waals surface area (Å²) >= 11 is 0. The number of aryl methyl sites for hydroxylation is 1. The number of hydroxylamine groups is 2. The van der Waals surface area contributed by atoms with E-state index in [-0.39, 0.29) is 25.8 Å². The first-order valence-corrected chi connectivity index (χ1v) is 10.9. The molecule has 9 nitrogen and oxygen atoms in total. The molecule has 0 spiro atoms. The van der Waals surface area contributed by atoms with Gasteiger partial charge in [-0.2, -0.15) is 0 Å². The Hall–Kier alpha value is -3.98. The molecule has 0 bridgehead atoms. The Balaban J connectivity index is 1.44. The van der Waals surface area contributed by atoms with Gasteiger partial charge in [0.1, 0.15) is 12.4 Å². The lowest BCUT2D eigenvalue weighted by Gasteiger charge is -2.39. The summed E-state index contributed by atoms with van der Waals surface area (Å²) in [6.45, 7) is 2.07. The maximum atomic E-state index is 12.9. The molecule has 3 aromatic rings. The highest BCUT2D eigenvalue weighted by Crippen LogP contribution is 2.26. The molecule has 1 aliphatic rings. The number of amides is 3. The van der Waals surface area contributed by atoms with Gasteiger partial charge in [-0.15, -0.1) is 0 Å². The molecule has 1 saturated heterocycles. The van der Waals surface area contributed by atoms with E-state index in [1.807, 2.05) is 37.3 Å². The minimum Gasteiger partial charge on any atom is -0.489 e. The zero-order valence-corrected chi connectivity index (χ0v) is 18.8. The Labute approximate surface area is 196 Å². The number of benzene rings is 2. The van der Waals surface area contributed by atoms with Crippen LogP contribution in [0.2, 0.25) is 0 Å². The Morgan fingerprint density at radius 3 is 2.65 bits per heavy atom. The van der Waals surface area contributed by atoms with Crippen molar-refractivity contribution in [3.05, 3.63) is 71.4 Å². The van der Waals surface area contributed by atoms with Crippen LogP contribution >= 0.6 is 0 Å². The summed E-state index contributed by atoms with van der Waals surface area (Å²) in [6.07, 6.45) is 0.0155. The van der Waals surface area contributed by atoms with Gasteiger partial charge in [-0.05, 0) is 49.7 Å². The predicted octanol–water partition coefficient (Wildman–Crippen LogP) is 2.48. The van der Waals surface area contributed by atoms with Crippen LogP contribution in [0.3, 0.4) is 0 Å². The van der Waals surface area contributed by atoms with Crippen molar-refractivity contribution < 1.29 is 24.3 Å². The number of para-hydroxylation sites is 1. The molecule has 2 aromatic carbocycles. The summed E-state index contributed by atoms with van der Waals surface area (Å²) in [6, 6.07) is 16.5. The number of nitrogens with zero attached hydrogens (tertiary/aromatic N) is 2. The summed E-state index contributed by atoms with van der Waals surface area (Å²) in [5.41, 5.74) is 7.40. The van der Waals surface area contributed by atoms with Crippen LogP contribution in [-0.2, 0) is 16.2 Å². The van der Waals surface area contributed by atoms with Gasteiger partial charge in [0.25, 0.3) is 5.91 Å². The number of aromatic nitrogens is 1. The molecule has 176 valence electrons. The molecule has 1 aromatic heterocycles. The molecule has 0 radical (unpaired) electrons. The topological polar surface area (TPSA) is 135 Å². The van der Waals surface area contributed by atoms with Crippen molar-refractivity contribution in [3.8, 4) is 5.75 Å². The van der Waals surface area contributed by atoms with Crippen LogP contribution in [-0.4, -0.2) is 45.1 Å². The Morgan fingerprint density at radius 2 is 1.94 bits per heavy atom. The van der Waals surface area contributed by atoms with E-state index in [1.54, 1.807) is 24.3 Å². The zero-order chi connectivity index (χ0) is 24.3. The number of fused-ring (bicyclic) bond motifs is 1. The molecular weight excluding hydrogens is 436 g/mol. The molecule has 0 saturated carbocycles. The number of hydrogen-bond donors (Lipinski definition) is 3. The van der Waals surface area contributed by atoms with Crippen molar-refractivity contribution in [1.29, 1.82) is 0 Å². The number of carbonyl (C=O) groups is 3. The number of nitrogens with one attached hydrogen (secondary N) is 1. The van der Waals surface area contributed by atoms with Gasteiger partial charge in [-0.1, -0.05) is 18.2 Å². The number of carbonyl (C=O) groups excluding carboxylic acids is 3. The highest BCUT2D eigenvalue weighted by Gasteiger charge is 2.41. The first-order valence-electron chi connectivity index (χ1n) is 10.9. The molecule has 0 aliphatic carbocycles. The molecule has 1 fully saturated rings. The molecule has 9 heteroatoms. The molecule has 3 amide bonds. The summed E-state index contributed by atoms with van der Waals surface area (Å²) in [5, 5.41) is 14.2. The molecule has 1 atom stereocenters. The Bertz CT molecular complexity index is 1240. The Morgan fingerprint density at radius 1 is 1.21 bits per heavy atom. The number of piperidine rings is 1. The van der Waals surface area contributed by atoms with Gasteiger partial charge in [0, 0.05) is 28.6 Å². The average molecular weight is 463 g/mol. The van der Waals surface area contributed by atoms with Crippen molar-refractivity contribution in [2.75, 3.05) is 6.54 Å². The van der Waals surface area contributed by atoms with E-state index in [0.29, 0.717) is 23.0 Å². The van der Waals surface area contributed by atoms with Crippen LogP contribution in [0, 0.1) is 6.92 Å². The van der Waals surface area contributed by atoms with Gasteiger partial charge in [0.2, 0.25) is 11.8 Å². The van der Waals surface area contributed by atoms with Crippen LogP contribution < -0.4 is 15.8 Å². The number of rotatable bonds is 7. The minimum atomic E-state index is -1.12. The Kier molecular flexibility index (Phi) is 6.47. The number of nitrogens with two attached hydrogens (primary N) is 1. The largest absolute Gasteiger partial charge is 0.489 e. The third-order valence-corrected chi connectivity index (χ3v) is 5.89. The first-order chi connectivity index (χ1) is 16.2. The van der Waals surface area contributed by atoms with E-state index in [4.69, 9.17) is 10.5 Å². The van der Waals surface area contributed by atoms with E-state index >= 15 is 0 Å². The third-order valence-electron chi connectivity index (χ3n) is 5.89. The number of pyridine rings is 1. The van der Waals surface area contributed by atoms with E-state index in [9.17, 15) is 19.6 Å². The lowest BCUT2D eigenvalue weighted by molar-refractivity contribution is -0.177. The molecule has 34 heavy (non-hydrogen) atoms. The van der Waals surface area contributed by atoms with Gasteiger partial charge in [-0.3, -0.25) is 24.6 Å². The highest BCUT2D eigenvalue weighted by atomic mass is 16.5. The molecule has 4 N–H and O–H groups in total. The van der Waals surface area contributed by atoms with E-state index in [2.05, 4.69) is 10.3 Å². The molecule has 1 aliphatic heterocycles. The van der Waals surface area contributed by atoms with Crippen molar-refractivity contribution in [2.45, 2.75) is 38.3 Å². The van der Waals surface area contributed by atoms with Crippen LogP contribution in [0.5, 0.6) is 5.75 Å². The highest BCUT2D eigenvalue weighted by molar-refractivity contribution is 5.95. The fourth-order valence-electron chi connectivity index (χ4n) is 4.24. The maximum Gasteiger partial charge on any atom is 0.251 e. The van der Waals surface area contributed by atoms with Crippen molar-refractivity contribution in [3.63, 3.8) is 0 Å². The summed E-state index contributed by atoms with van der Waals surface area (Å²) < 4.78 is 5.94. The molecule has 1 unspecified atom stereocenters. The van der Waals surface area contributed by atoms with Crippen LogP contribution in [0.1, 0.15) is 40.9 Å². The number of hydrogen-bond acceptors (Lipinski definition) is 6. The smallest absolute Gasteiger partial charge is 0.251 e. The van der Waals surface area contributed by atoms with Gasteiger partial charge in [0.15, 0.2) is 0 Å². The van der Waals surface area contributed by atoms with Crippen LogP contribution in [0.15, 0.2) is 54.6 Å². The van der Waals surface area contributed by atoms with Gasteiger partial charge < -0.3 is 15.8 Å². The first kappa shape index (κ1) is 23.2. The fraction of sp³-hybridized carbons (Fsp3) is 0.280. The van der Waals surface area contributed by atoms with Crippen molar-refractivity contribution in [1.82, 2.24) is 15.4 Å². The number of primary amides is 1. The zero-order valence-electron chi connectivity index (χ0n) is 18.8. The SMILES string of the molecule is Cc1cc(COc2ccc(C(=O)NC3(CC(N)=O)CCC(=O)N(O)C3)cc2)c2ccccc2n1. The van der Waals surface area contributed by atoms with E-state index < -0.39 is 23.3 Å². The summed E-state index contributed by atoms with van der Waals surface area (Å²) in [5.74, 6) is -0.947. The third kappa shape index (κ3) is 5.15. The van der Waals surface area contributed by atoms with Crippen molar-refractivity contribution in [2.24, 2.45) is 5.73 Å². The monoisotopic (exact) mass is 462 g/mol. The second-order valence-corrected chi connectivity index (χ2v) is 8.58. The quantitative estimate of drug-likeness (QED) is 0.462. The second kappa shape index (κ2) is 9.48.